The summed E-state index contributed by atoms with van der Waals surface area (Å²) < 4.78 is 11.1. The molecule has 0 saturated carbocycles. The number of nitrogens with one attached hydrogen (secondary N) is 1. The summed E-state index contributed by atoms with van der Waals surface area (Å²) in [5, 5.41) is 14.8. The maximum absolute atomic E-state index is 9.05. The zero-order valence-corrected chi connectivity index (χ0v) is 13.7. The number of hydrogen-bond acceptors (Lipinski definition) is 6. The number of nitrogens with zero attached hydrogens (tertiary/aromatic N) is 1. The molecular weight excluding hydrogens is 300 g/mol. The van der Waals surface area contributed by atoms with Crippen LogP contribution in [0.25, 0.3) is 0 Å². The summed E-state index contributed by atoms with van der Waals surface area (Å²) in [5.74, 6) is 1.35. The van der Waals surface area contributed by atoms with Crippen LogP contribution in [-0.4, -0.2) is 23.8 Å². The number of hydrogen-bond donors (Lipinski definition) is 2. The van der Waals surface area contributed by atoms with Gasteiger partial charge in [0.25, 0.3) is 0 Å². The molecule has 1 heterocycles. The summed E-state index contributed by atoms with van der Waals surface area (Å²) in [7, 11) is 1.62. The molecule has 2 aromatic rings. The summed E-state index contributed by atoms with van der Waals surface area (Å²) in [5.41, 5.74) is 2.71. The van der Waals surface area contributed by atoms with Gasteiger partial charge in [0.1, 0.15) is 6.61 Å². The lowest BCUT2D eigenvalue weighted by Crippen LogP contribution is -1.98. The molecule has 0 aliphatic heterocycles. The molecule has 0 aliphatic carbocycles. The Labute approximate surface area is 134 Å². The van der Waals surface area contributed by atoms with E-state index < -0.39 is 0 Å². The molecule has 0 atom stereocenters. The van der Waals surface area contributed by atoms with Crippen LogP contribution in [0.3, 0.4) is 0 Å². The molecule has 0 aliphatic rings. The molecule has 2 N–H and O–H groups in total. The Morgan fingerprint density at radius 2 is 2.18 bits per heavy atom. The van der Waals surface area contributed by atoms with Crippen LogP contribution in [0.4, 0.5) is 10.8 Å². The zero-order chi connectivity index (χ0) is 15.9. The first kappa shape index (κ1) is 16.3. The zero-order valence-electron chi connectivity index (χ0n) is 12.9. The Morgan fingerprint density at radius 1 is 1.36 bits per heavy atom. The van der Waals surface area contributed by atoms with E-state index in [1.54, 1.807) is 7.11 Å². The van der Waals surface area contributed by atoms with Gasteiger partial charge >= 0.3 is 0 Å². The second kappa shape index (κ2) is 7.82. The van der Waals surface area contributed by atoms with E-state index in [2.05, 4.69) is 10.3 Å². The van der Waals surface area contributed by atoms with Crippen LogP contribution < -0.4 is 14.8 Å². The number of aliphatic hydroxyl groups excluding tert-OH is 1. The summed E-state index contributed by atoms with van der Waals surface area (Å²) >= 11 is 1.44. The van der Waals surface area contributed by atoms with Crippen molar-refractivity contribution in [3.05, 3.63) is 40.9 Å². The molecule has 0 bridgehead atoms. The molecule has 0 radical (unpaired) electrons. The first-order valence-electron chi connectivity index (χ1n) is 6.89. The van der Waals surface area contributed by atoms with E-state index in [1.807, 2.05) is 43.5 Å². The maximum atomic E-state index is 9.05. The molecule has 118 valence electrons. The second-order valence-electron chi connectivity index (χ2n) is 4.89. The number of methoxy groups -OCH3 is 1. The molecule has 0 amide bonds. The lowest BCUT2D eigenvalue weighted by atomic mass is 10.2. The Kier molecular flexibility index (Phi) is 5.80. The molecule has 5 nitrogen and oxygen atoms in total. The van der Waals surface area contributed by atoms with Gasteiger partial charge in [0.15, 0.2) is 16.6 Å². The van der Waals surface area contributed by atoms with Gasteiger partial charge in [-0.05, 0) is 32.1 Å². The van der Waals surface area contributed by atoms with Gasteiger partial charge < -0.3 is 19.9 Å². The summed E-state index contributed by atoms with van der Waals surface area (Å²) in [6.45, 7) is 4.49. The van der Waals surface area contributed by atoms with E-state index >= 15 is 0 Å². The van der Waals surface area contributed by atoms with Crippen molar-refractivity contribution in [3.8, 4) is 11.5 Å². The van der Waals surface area contributed by atoms with Crippen molar-refractivity contribution < 1.29 is 14.6 Å². The average Bonchev–Trinajstić information content (AvgIpc) is 2.95. The van der Waals surface area contributed by atoms with Gasteiger partial charge in [-0.1, -0.05) is 5.57 Å². The number of ether oxygens (including phenoxy) is 2. The van der Waals surface area contributed by atoms with Crippen molar-refractivity contribution >= 4 is 22.2 Å². The third-order valence-electron chi connectivity index (χ3n) is 2.86. The SMILES string of the molecule is COc1ccc(Nc2nc(CO)cs2)cc1OCC=C(C)C. The molecule has 6 heteroatoms. The van der Waals surface area contributed by atoms with E-state index in [1.165, 1.54) is 16.9 Å². The standard InChI is InChI=1S/C16H20N2O3S/c1-11(2)6-7-21-15-8-12(4-5-14(15)20-3)17-16-18-13(9-19)10-22-16/h4-6,8,10,19H,7,9H2,1-3H3,(H,17,18). The predicted octanol–water partition coefficient (Wildman–Crippen LogP) is 3.73. The molecule has 2 rings (SSSR count). The number of aliphatic hydroxyl groups is 1. The highest BCUT2D eigenvalue weighted by Gasteiger charge is 2.07. The van der Waals surface area contributed by atoms with Crippen LogP contribution in [0.15, 0.2) is 35.2 Å². The monoisotopic (exact) mass is 320 g/mol. The number of allylic oxidation sites excluding steroid dienone is 1. The van der Waals surface area contributed by atoms with E-state index in [4.69, 9.17) is 14.6 Å². The maximum Gasteiger partial charge on any atom is 0.187 e. The fourth-order valence-electron chi connectivity index (χ4n) is 1.73. The van der Waals surface area contributed by atoms with Crippen LogP contribution >= 0.6 is 11.3 Å². The number of rotatable bonds is 7. The number of aromatic nitrogens is 1. The first-order chi connectivity index (χ1) is 10.6. The number of anilines is 2. The minimum Gasteiger partial charge on any atom is -0.493 e. The predicted molar refractivity (Wildman–Crippen MR) is 89.2 cm³/mol. The van der Waals surface area contributed by atoms with E-state index in [-0.39, 0.29) is 6.61 Å². The molecule has 22 heavy (non-hydrogen) atoms. The van der Waals surface area contributed by atoms with Crippen LogP contribution in [0.2, 0.25) is 0 Å². The van der Waals surface area contributed by atoms with Crippen LogP contribution in [0.1, 0.15) is 19.5 Å². The summed E-state index contributed by atoms with van der Waals surface area (Å²) in [4.78, 5) is 4.26. The smallest absolute Gasteiger partial charge is 0.187 e. The minimum absolute atomic E-state index is 0.0577. The fraction of sp³-hybridized carbons (Fsp3) is 0.312. The van der Waals surface area contributed by atoms with Gasteiger partial charge in [0.2, 0.25) is 0 Å². The Hall–Kier alpha value is -2.05. The van der Waals surface area contributed by atoms with E-state index in [0.717, 1.165) is 10.8 Å². The number of benzene rings is 1. The Bertz CT molecular complexity index is 649. The lowest BCUT2D eigenvalue weighted by Gasteiger charge is -2.11. The largest absolute Gasteiger partial charge is 0.493 e. The van der Waals surface area contributed by atoms with Crippen molar-refractivity contribution in [1.29, 1.82) is 0 Å². The average molecular weight is 320 g/mol. The van der Waals surface area contributed by atoms with Crippen LogP contribution in [-0.2, 0) is 6.61 Å². The Balaban J connectivity index is 2.13. The van der Waals surface area contributed by atoms with Gasteiger partial charge in [-0.15, -0.1) is 11.3 Å². The van der Waals surface area contributed by atoms with Gasteiger partial charge in [-0.3, -0.25) is 0 Å². The molecule has 0 unspecified atom stereocenters. The Morgan fingerprint density at radius 3 is 2.82 bits per heavy atom. The third-order valence-corrected chi connectivity index (χ3v) is 3.67. The summed E-state index contributed by atoms with van der Waals surface area (Å²) in [6.07, 6.45) is 2.01. The quantitative estimate of drug-likeness (QED) is 0.761. The first-order valence-corrected chi connectivity index (χ1v) is 7.77. The van der Waals surface area contributed by atoms with Crippen molar-refractivity contribution in [2.24, 2.45) is 0 Å². The molecule has 0 spiro atoms. The fourth-order valence-corrected chi connectivity index (χ4v) is 2.45. The van der Waals surface area contributed by atoms with Gasteiger partial charge in [-0.2, -0.15) is 0 Å². The minimum atomic E-state index is -0.0577. The van der Waals surface area contributed by atoms with Crippen molar-refractivity contribution in [1.82, 2.24) is 4.98 Å². The van der Waals surface area contributed by atoms with Crippen molar-refractivity contribution in [2.75, 3.05) is 19.0 Å². The summed E-state index contributed by atoms with van der Waals surface area (Å²) in [6, 6.07) is 5.62. The van der Waals surface area contributed by atoms with Crippen LogP contribution in [0, 0.1) is 0 Å². The normalized spacial score (nSPS) is 10.2. The molecule has 1 aromatic carbocycles. The van der Waals surface area contributed by atoms with Gasteiger partial charge in [0, 0.05) is 17.1 Å². The molecular formula is C16H20N2O3S. The number of thiazole rings is 1. The topological polar surface area (TPSA) is 63.6 Å². The highest BCUT2D eigenvalue weighted by Crippen LogP contribution is 2.32. The van der Waals surface area contributed by atoms with E-state index in [0.29, 0.717) is 23.8 Å². The van der Waals surface area contributed by atoms with Crippen molar-refractivity contribution in [2.45, 2.75) is 20.5 Å². The molecule has 0 fully saturated rings. The highest BCUT2D eigenvalue weighted by molar-refractivity contribution is 7.13. The molecule has 1 aromatic heterocycles. The van der Waals surface area contributed by atoms with Crippen molar-refractivity contribution in [3.63, 3.8) is 0 Å². The van der Waals surface area contributed by atoms with Gasteiger partial charge in [-0.25, -0.2) is 4.98 Å². The van der Waals surface area contributed by atoms with E-state index in [9.17, 15) is 0 Å². The van der Waals surface area contributed by atoms with Gasteiger partial charge in [0.05, 0.1) is 19.4 Å². The van der Waals surface area contributed by atoms with Crippen LogP contribution in [0.5, 0.6) is 11.5 Å². The third kappa shape index (κ3) is 4.47. The highest BCUT2D eigenvalue weighted by atomic mass is 32.1. The lowest BCUT2D eigenvalue weighted by molar-refractivity contribution is 0.278. The second-order valence-corrected chi connectivity index (χ2v) is 5.74. The molecule has 0 saturated heterocycles.